The standard InChI is InChI=1S/C27H30N6O3/c1-17(31-26-29-15-18(16-30-26)14-23(34)36-27(2,3)4)19-6-9-21(10-7-19)32-22-11-8-20-12-13-28-25(35-5)24(20)33-22/h6-13,15-17H,14H2,1-5H3,(H,32,33)(H,29,30,31). The van der Waals surface area contributed by atoms with E-state index < -0.39 is 5.60 Å². The molecule has 36 heavy (non-hydrogen) atoms. The van der Waals surface area contributed by atoms with Gasteiger partial charge in [-0.1, -0.05) is 12.1 Å². The quantitative estimate of drug-likeness (QED) is 0.323. The summed E-state index contributed by atoms with van der Waals surface area (Å²) in [4.78, 5) is 29.5. The normalized spacial score (nSPS) is 12.1. The summed E-state index contributed by atoms with van der Waals surface area (Å²) in [6, 6.07) is 13.8. The average Bonchev–Trinajstić information content (AvgIpc) is 2.84. The highest BCUT2D eigenvalue weighted by Gasteiger charge is 2.17. The van der Waals surface area contributed by atoms with Gasteiger partial charge in [0.25, 0.3) is 0 Å². The van der Waals surface area contributed by atoms with Crippen molar-refractivity contribution in [1.29, 1.82) is 0 Å². The predicted molar refractivity (Wildman–Crippen MR) is 139 cm³/mol. The van der Waals surface area contributed by atoms with Gasteiger partial charge in [-0.3, -0.25) is 4.79 Å². The number of hydrogen-bond donors (Lipinski definition) is 2. The summed E-state index contributed by atoms with van der Waals surface area (Å²) in [6.45, 7) is 7.56. The van der Waals surface area contributed by atoms with Crippen molar-refractivity contribution in [2.24, 2.45) is 0 Å². The van der Waals surface area contributed by atoms with Crippen molar-refractivity contribution < 1.29 is 14.3 Å². The van der Waals surface area contributed by atoms with E-state index in [4.69, 9.17) is 9.47 Å². The highest BCUT2D eigenvalue weighted by atomic mass is 16.6. The van der Waals surface area contributed by atoms with Gasteiger partial charge < -0.3 is 20.1 Å². The number of rotatable bonds is 8. The van der Waals surface area contributed by atoms with Gasteiger partial charge in [0.1, 0.15) is 16.9 Å². The van der Waals surface area contributed by atoms with Crippen molar-refractivity contribution in [1.82, 2.24) is 19.9 Å². The molecule has 0 aliphatic heterocycles. The number of aromatic nitrogens is 4. The number of ether oxygens (including phenoxy) is 2. The van der Waals surface area contributed by atoms with Crippen LogP contribution < -0.4 is 15.4 Å². The number of pyridine rings is 2. The van der Waals surface area contributed by atoms with Crippen LogP contribution in [0.5, 0.6) is 5.88 Å². The number of hydrogen-bond acceptors (Lipinski definition) is 9. The number of esters is 1. The van der Waals surface area contributed by atoms with E-state index in [0.717, 1.165) is 16.6 Å². The van der Waals surface area contributed by atoms with Gasteiger partial charge in [-0.15, -0.1) is 0 Å². The second-order valence-electron chi connectivity index (χ2n) is 9.38. The van der Waals surface area contributed by atoms with Gasteiger partial charge in [-0.25, -0.2) is 19.9 Å². The van der Waals surface area contributed by atoms with Crippen molar-refractivity contribution in [3.8, 4) is 5.88 Å². The molecule has 3 aromatic heterocycles. The van der Waals surface area contributed by atoms with E-state index in [9.17, 15) is 4.79 Å². The second-order valence-corrected chi connectivity index (χ2v) is 9.38. The number of carbonyl (C=O) groups excluding carboxylic acids is 1. The van der Waals surface area contributed by atoms with Gasteiger partial charge in [-0.2, -0.15) is 0 Å². The first-order chi connectivity index (χ1) is 17.2. The zero-order valence-electron chi connectivity index (χ0n) is 21.1. The zero-order chi connectivity index (χ0) is 25.7. The fraction of sp³-hybridized carbons (Fsp3) is 0.296. The molecule has 4 aromatic rings. The summed E-state index contributed by atoms with van der Waals surface area (Å²) in [5.41, 5.74) is 2.87. The Kier molecular flexibility index (Phi) is 7.28. The first-order valence-corrected chi connectivity index (χ1v) is 11.7. The minimum atomic E-state index is -0.517. The van der Waals surface area contributed by atoms with Crippen LogP contribution in [0.2, 0.25) is 0 Å². The van der Waals surface area contributed by atoms with Crippen LogP contribution in [-0.2, 0) is 16.0 Å². The van der Waals surface area contributed by atoms with E-state index in [2.05, 4.69) is 30.6 Å². The fourth-order valence-corrected chi connectivity index (χ4v) is 3.59. The van der Waals surface area contributed by atoms with Crippen LogP contribution in [0, 0.1) is 0 Å². The van der Waals surface area contributed by atoms with Gasteiger partial charge >= 0.3 is 5.97 Å². The maximum Gasteiger partial charge on any atom is 0.310 e. The van der Waals surface area contributed by atoms with Crippen molar-refractivity contribution in [3.05, 3.63) is 72.2 Å². The monoisotopic (exact) mass is 486 g/mol. The summed E-state index contributed by atoms with van der Waals surface area (Å²) in [7, 11) is 1.58. The number of carbonyl (C=O) groups is 1. The second kappa shape index (κ2) is 10.6. The Bertz CT molecular complexity index is 1330. The van der Waals surface area contributed by atoms with Crippen LogP contribution in [0.25, 0.3) is 10.9 Å². The van der Waals surface area contributed by atoms with Gasteiger partial charge in [0.15, 0.2) is 0 Å². The lowest BCUT2D eigenvalue weighted by atomic mass is 10.1. The molecule has 0 aliphatic carbocycles. The third-order valence-electron chi connectivity index (χ3n) is 5.27. The molecule has 2 N–H and O–H groups in total. The summed E-state index contributed by atoms with van der Waals surface area (Å²) < 4.78 is 10.7. The number of nitrogens with one attached hydrogen (secondary N) is 2. The molecule has 0 fully saturated rings. The van der Waals surface area contributed by atoms with Crippen molar-refractivity contribution in [2.45, 2.75) is 45.8 Å². The van der Waals surface area contributed by atoms with E-state index >= 15 is 0 Å². The van der Waals surface area contributed by atoms with Gasteiger partial charge in [-0.05, 0) is 63.6 Å². The molecule has 3 heterocycles. The van der Waals surface area contributed by atoms with Crippen LogP contribution in [0.4, 0.5) is 17.5 Å². The Labute approximate surface area is 210 Å². The maximum absolute atomic E-state index is 12.0. The molecular formula is C27H30N6O3. The molecule has 9 heteroatoms. The molecule has 1 atom stereocenters. The number of benzene rings is 1. The van der Waals surface area contributed by atoms with Crippen molar-refractivity contribution in [3.63, 3.8) is 0 Å². The lowest BCUT2D eigenvalue weighted by molar-refractivity contribution is -0.153. The molecule has 0 amide bonds. The van der Waals surface area contributed by atoms with Crippen molar-refractivity contribution >= 4 is 34.3 Å². The summed E-state index contributed by atoms with van der Waals surface area (Å²) >= 11 is 0. The number of anilines is 3. The molecule has 4 rings (SSSR count). The maximum atomic E-state index is 12.0. The molecule has 0 bridgehead atoms. The lowest BCUT2D eigenvalue weighted by Crippen LogP contribution is -2.25. The Balaban J connectivity index is 1.36. The third-order valence-corrected chi connectivity index (χ3v) is 5.27. The van der Waals surface area contributed by atoms with Crippen LogP contribution in [0.15, 0.2) is 61.1 Å². The summed E-state index contributed by atoms with van der Waals surface area (Å²) in [5.74, 6) is 1.38. The average molecular weight is 487 g/mol. The molecule has 0 spiro atoms. The largest absolute Gasteiger partial charge is 0.479 e. The van der Waals surface area contributed by atoms with Crippen LogP contribution in [-0.4, -0.2) is 38.6 Å². The van der Waals surface area contributed by atoms with E-state index in [0.29, 0.717) is 28.7 Å². The van der Waals surface area contributed by atoms with Crippen LogP contribution >= 0.6 is 0 Å². The van der Waals surface area contributed by atoms with Crippen LogP contribution in [0.1, 0.15) is 44.9 Å². The van der Waals surface area contributed by atoms with Crippen LogP contribution in [0.3, 0.4) is 0 Å². The van der Waals surface area contributed by atoms with E-state index in [1.807, 2.05) is 70.2 Å². The van der Waals surface area contributed by atoms with Crippen molar-refractivity contribution in [2.75, 3.05) is 17.7 Å². The number of methoxy groups -OCH3 is 1. The summed E-state index contributed by atoms with van der Waals surface area (Å²) in [5, 5.41) is 7.57. The lowest BCUT2D eigenvalue weighted by Gasteiger charge is -2.19. The van der Waals surface area contributed by atoms with Gasteiger partial charge in [0.05, 0.1) is 19.6 Å². The van der Waals surface area contributed by atoms with E-state index in [-0.39, 0.29) is 18.4 Å². The minimum absolute atomic E-state index is 0.0233. The Hall–Kier alpha value is -4.27. The molecule has 0 aliphatic rings. The van der Waals surface area contributed by atoms with E-state index in [1.54, 1.807) is 25.7 Å². The van der Waals surface area contributed by atoms with Gasteiger partial charge in [0, 0.05) is 35.2 Å². The molecule has 0 radical (unpaired) electrons. The zero-order valence-corrected chi connectivity index (χ0v) is 21.1. The summed E-state index contributed by atoms with van der Waals surface area (Å²) in [6.07, 6.45) is 5.12. The Morgan fingerprint density at radius 1 is 1.00 bits per heavy atom. The SMILES string of the molecule is COc1nccc2ccc(Nc3ccc(C(C)Nc4ncc(CC(=O)OC(C)(C)C)cn4)cc3)nc12. The van der Waals surface area contributed by atoms with E-state index in [1.165, 1.54) is 0 Å². The highest BCUT2D eigenvalue weighted by molar-refractivity contribution is 5.84. The predicted octanol–water partition coefficient (Wildman–Crippen LogP) is 5.23. The first kappa shape index (κ1) is 24.8. The molecule has 186 valence electrons. The first-order valence-electron chi connectivity index (χ1n) is 11.7. The Morgan fingerprint density at radius 2 is 1.72 bits per heavy atom. The highest BCUT2D eigenvalue weighted by Crippen LogP contribution is 2.25. The number of nitrogens with zero attached hydrogens (tertiary/aromatic N) is 4. The molecular weight excluding hydrogens is 456 g/mol. The molecule has 1 unspecified atom stereocenters. The van der Waals surface area contributed by atoms with Gasteiger partial charge in [0.2, 0.25) is 11.8 Å². The third kappa shape index (κ3) is 6.44. The minimum Gasteiger partial charge on any atom is -0.479 e. The molecule has 1 aromatic carbocycles. The Morgan fingerprint density at radius 3 is 2.39 bits per heavy atom. The fourth-order valence-electron chi connectivity index (χ4n) is 3.59. The molecule has 0 saturated heterocycles. The topological polar surface area (TPSA) is 111 Å². The molecule has 9 nitrogen and oxygen atoms in total. The number of fused-ring (bicyclic) bond motifs is 1. The smallest absolute Gasteiger partial charge is 0.310 e. The molecule has 0 saturated carbocycles.